The lowest BCUT2D eigenvalue weighted by molar-refractivity contribution is 1.08. The van der Waals surface area contributed by atoms with Crippen molar-refractivity contribution in [1.29, 1.82) is 0 Å². The molecule has 0 saturated carbocycles. The molecule has 3 aromatic rings. The summed E-state index contributed by atoms with van der Waals surface area (Å²) in [5.41, 5.74) is 7.47. The molecule has 0 spiro atoms. The maximum absolute atomic E-state index is 5.82. The molecule has 1 aromatic carbocycles. The first kappa shape index (κ1) is 12.7. The summed E-state index contributed by atoms with van der Waals surface area (Å²) in [7, 11) is 0. The number of nitrogen functional groups attached to an aromatic ring is 1. The number of aromatic nitrogens is 2. The van der Waals surface area contributed by atoms with Crippen LogP contribution in [0.3, 0.4) is 0 Å². The van der Waals surface area contributed by atoms with Crippen molar-refractivity contribution < 1.29 is 0 Å². The van der Waals surface area contributed by atoms with Gasteiger partial charge in [0, 0.05) is 15.8 Å². The highest BCUT2D eigenvalue weighted by Crippen LogP contribution is 2.25. The van der Waals surface area contributed by atoms with Crippen LogP contribution in [0, 0.1) is 6.92 Å². The molecule has 0 saturated heterocycles. The highest BCUT2D eigenvalue weighted by molar-refractivity contribution is 7.19. The van der Waals surface area contributed by atoms with E-state index in [4.69, 9.17) is 5.73 Å². The second kappa shape index (κ2) is 5.38. The molecule has 100 valence electrons. The summed E-state index contributed by atoms with van der Waals surface area (Å²) in [5, 5.41) is 1.27. The van der Waals surface area contributed by atoms with Crippen LogP contribution in [-0.2, 0) is 6.54 Å². The smallest absolute Gasteiger partial charge is 0.135 e. The van der Waals surface area contributed by atoms with E-state index in [1.54, 1.807) is 17.6 Å². The molecule has 0 atom stereocenters. The largest absolute Gasteiger partial charge is 0.383 e. The van der Waals surface area contributed by atoms with Crippen LogP contribution < -0.4 is 5.73 Å². The van der Waals surface area contributed by atoms with Crippen molar-refractivity contribution in [1.82, 2.24) is 9.97 Å². The van der Waals surface area contributed by atoms with E-state index in [-0.39, 0.29) is 0 Å². The van der Waals surface area contributed by atoms with Crippen molar-refractivity contribution in [2.75, 3.05) is 5.73 Å². The van der Waals surface area contributed by atoms with Gasteiger partial charge in [0.1, 0.15) is 12.1 Å². The molecule has 5 heteroatoms. The van der Waals surface area contributed by atoms with Gasteiger partial charge in [-0.3, -0.25) is 4.99 Å². The number of fused-ring (bicyclic) bond motifs is 1. The van der Waals surface area contributed by atoms with Gasteiger partial charge in [-0.2, -0.15) is 0 Å². The van der Waals surface area contributed by atoms with Crippen molar-refractivity contribution in [3.63, 3.8) is 0 Å². The Hall–Kier alpha value is -2.27. The normalized spacial score (nSPS) is 11.4. The van der Waals surface area contributed by atoms with Crippen LogP contribution >= 0.6 is 11.3 Å². The Morgan fingerprint density at radius 2 is 2.15 bits per heavy atom. The first-order valence-corrected chi connectivity index (χ1v) is 7.10. The molecule has 0 aliphatic heterocycles. The zero-order valence-corrected chi connectivity index (χ0v) is 11.9. The Kier molecular flexibility index (Phi) is 3.43. The summed E-state index contributed by atoms with van der Waals surface area (Å²) in [6.45, 7) is 2.55. The van der Waals surface area contributed by atoms with E-state index in [2.05, 4.69) is 39.2 Å². The average molecular weight is 282 g/mol. The van der Waals surface area contributed by atoms with Gasteiger partial charge >= 0.3 is 0 Å². The quantitative estimate of drug-likeness (QED) is 0.750. The number of nitrogens with zero attached hydrogens (tertiary/aromatic N) is 3. The van der Waals surface area contributed by atoms with E-state index < -0.39 is 0 Å². The zero-order valence-electron chi connectivity index (χ0n) is 11.1. The number of aryl methyl sites for hydroxylation is 1. The van der Waals surface area contributed by atoms with E-state index in [0.717, 1.165) is 11.3 Å². The summed E-state index contributed by atoms with van der Waals surface area (Å²) in [5.74, 6) is 0.470. The van der Waals surface area contributed by atoms with Crippen LogP contribution in [0.15, 0.2) is 41.7 Å². The van der Waals surface area contributed by atoms with Crippen molar-refractivity contribution >= 4 is 33.5 Å². The van der Waals surface area contributed by atoms with Crippen molar-refractivity contribution in [2.45, 2.75) is 13.5 Å². The van der Waals surface area contributed by atoms with Gasteiger partial charge in [-0.15, -0.1) is 11.3 Å². The van der Waals surface area contributed by atoms with Gasteiger partial charge in [0.15, 0.2) is 0 Å². The van der Waals surface area contributed by atoms with Gasteiger partial charge in [0.2, 0.25) is 0 Å². The third-order valence-corrected chi connectivity index (χ3v) is 4.16. The molecular weight excluding hydrogens is 268 g/mol. The summed E-state index contributed by atoms with van der Waals surface area (Å²) < 4.78 is 1.29. The molecule has 0 unspecified atom stereocenters. The molecule has 20 heavy (non-hydrogen) atoms. The predicted octanol–water partition coefficient (Wildman–Crippen LogP) is 3.20. The molecule has 0 bridgehead atoms. The molecule has 0 aliphatic carbocycles. The Morgan fingerprint density at radius 1 is 1.30 bits per heavy atom. The van der Waals surface area contributed by atoms with Gasteiger partial charge in [0.25, 0.3) is 0 Å². The first-order valence-electron chi connectivity index (χ1n) is 6.28. The standard InChI is InChI=1S/C15H14N4S/c1-10-13(15(16)19-9-18-10)8-17-7-12-6-11-4-2-3-5-14(11)20-12/h2-6,8-9H,7H2,1H3,(H2,16,18,19). The van der Waals surface area contributed by atoms with Gasteiger partial charge in [-0.05, 0) is 24.4 Å². The number of rotatable bonds is 3. The third-order valence-electron chi connectivity index (χ3n) is 3.06. The maximum atomic E-state index is 5.82. The van der Waals surface area contributed by atoms with Crippen LogP contribution in [0.5, 0.6) is 0 Å². The van der Waals surface area contributed by atoms with Gasteiger partial charge < -0.3 is 5.73 Å². The molecule has 0 aliphatic rings. The second-order valence-electron chi connectivity index (χ2n) is 4.48. The summed E-state index contributed by atoms with van der Waals surface area (Å²) in [6, 6.07) is 10.5. The van der Waals surface area contributed by atoms with Crippen LogP contribution in [-0.4, -0.2) is 16.2 Å². The fourth-order valence-electron chi connectivity index (χ4n) is 2.00. The van der Waals surface area contributed by atoms with E-state index in [1.807, 2.05) is 13.0 Å². The second-order valence-corrected chi connectivity index (χ2v) is 5.65. The molecular formula is C15H14N4S. The van der Waals surface area contributed by atoms with Gasteiger partial charge in [-0.1, -0.05) is 18.2 Å². The number of thiophene rings is 1. The summed E-state index contributed by atoms with van der Waals surface area (Å²) >= 11 is 1.76. The van der Waals surface area contributed by atoms with Crippen molar-refractivity contribution in [2.24, 2.45) is 4.99 Å². The van der Waals surface area contributed by atoms with Crippen LogP contribution in [0.25, 0.3) is 10.1 Å². The lowest BCUT2D eigenvalue weighted by Gasteiger charge is -2.00. The fraction of sp³-hybridized carbons (Fsp3) is 0.133. The topological polar surface area (TPSA) is 64.2 Å². The molecule has 0 fully saturated rings. The zero-order chi connectivity index (χ0) is 13.9. The number of anilines is 1. The van der Waals surface area contributed by atoms with Crippen LogP contribution in [0.4, 0.5) is 5.82 Å². The van der Waals surface area contributed by atoms with E-state index >= 15 is 0 Å². The molecule has 0 radical (unpaired) electrons. The lowest BCUT2D eigenvalue weighted by atomic mass is 10.2. The molecule has 4 nitrogen and oxygen atoms in total. The molecule has 2 N–H and O–H groups in total. The number of aliphatic imine (C=N–C) groups is 1. The van der Waals surface area contributed by atoms with Gasteiger partial charge in [-0.25, -0.2) is 9.97 Å². The Bertz CT molecular complexity index is 723. The molecule has 3 rings (SSSR count). The lowest BCUT2D eigenvalue weighted by Crippen LogP contribution is -2.01. The minimum absolute atomic E-state index is 0.470. The highest BCUT2D eigenvalue weighted by Gasteiger charge is 2.03. The monoisotopic (exact) mass is 282 g/mol. The van der Waals surface area contributed by atoms with E-state index in [1.165, 1.54) is 21.3 Å². The molecule has 2 heterocycles. The molecule has 0 amide bonds. The summed E-state index contributed by atoms with van der Waals surface area (Å²) in [6.07, 6.45) is 3.23. The fourth-order valence-corrected chi connectivity index (χ4v) is 3.00. The average Bonchev–Trinajstić information content (AvgIpc) is 2.84. The molecule has 2 aromatic heterocycles. The third kappa shape index (κ3) is 2.53. The minimum atomic E-state index is 0.470. The van der Waals surface area contributed by atoms with Gasteiger partial charge in [0.05, 0.1) is 17.8 Å². The first-order chi connectivity index (χ1) is 9.74. The van der Waals surface area contributed by atoms with E-state index in [0.29, 0.717) is 12.4 Å². The van der Waals surface area contributed by atoms with E-state index in [9.17, 15) is 0 Å². The van der Waals surface area contributed by atoms with Crippen molar-refractivity contribution in [3.05, 3.63) is 52.8 Å². The predicted molar refractivity (Wildman–Crippen MR) is 84.3 cm³/mol. The Balaban J connectivity index is 1.80. The Labute approximate surface area is 121 Å². The van der Waals surface area contributed by atoms with Crippen LogP contribution in [0.2, 0.25) is 0 Å². The minimum Gasteiger partial charge on any atom is -0.383 e. The number of benzene rings is 1. The summed E-state index contributed by atoms with van der Waals surface area (Å²) in [4.78, 5) is 13.8. The number of nitrogens with two attached hydrogens (primary N) is 1. The Morgan fingerprint density at radius 3 is 2.95 bits per heavy atom. The SMILES string of the molecule is Cc1ncnc(N)c1C=NCc1cc2ccccc2s1. The maximum Gasteiger partial charge on any atom is 0.135 e. The number of hydrogen-bond acceptors (Lipinski definition) is 5. The number of hydrogen-bond donors (Lipinski definition) is 1. The van der Waals surface area contributed by atoms with Crippen LogP contribution in [0.1, 0.15) is 16.1 Å². The van der Waals surface area contributed by atoms with Crippen molar-refractivity contribution in [3.8, 4) is 0 Å². The highest BCUT2D eigenvalue weighted by atomic mass is 32.1.